The quantitative estimate of drug-likeness (QED) is 0.384. The first-order valence-electron chi connectivity index (χ1n) is 8.18. The van der Waals surface area contributed by atoms with Crippen LogP contribution in [0.25, 0.3) is 0 Å². The monoisotopic (exact) mass is 309 g/mol. The average Bonchev–Trinajstić information content (AvgIpc) is 2.51. The number of ether oxygens (including phenoxy) is 1. The Bertz CT molecular complexity index is 355. The van der Waals surface area contributed by atoms with Gasteiger partial charge in [-0.25, -0.2) is 0 Å². The summed E-state index contributed by atoms with van der Waals surface area (Å²) in [6.07, 6.45) is 4.13. The van der Waals surface area contributed by atoms with Gasteiger partial charge in [0.25, 0.3) is 0 Å². The lowest BCUT2D eigenvalue weighted by atomic mass is 9.92. The van der Waals surface area contributed by atoms with Crippen LogP contribution in [0.2, 0.25) is 0 Å². The second-order valence-corrected chi connectivity index (χ2v) is 5.99. The van der Waals surface area contributed by atoms with E-state index in [0.717, 1.165) is 25.7 Å². The normalized spacial score (nSPS) is 15.3. The van der Waals surface area contributed by atoms with Crippen LogP contribution in [-0.2, 0) is 4.74 Å². The summed E-state index contributed by atoms with van der Waals surface area (Å²) < 4.78 is 5.41. The maximum atomic E-state index is 9.45. The van der Waals surface area contributed by atoms with Crippen molar-refractivity contribution < 1.29 is 4.74 Å². The summed E-state index contributed by atoms with van der Waals surface area (Å²) in [7, 11) is 1.65. The molecule has 0 saturated heterocycles. The standard InChI is InChI=1S/C16H31N5O/c1-6-8-10-18-20-15(21-19-11-9-7-2)14(13-17)12-16(3,4)22-5/h14-15H,6-12H2,1-5H3. The third-order valence-electron chi connectivity index (χ3n) is 3.41. The van der Waals surface area contributed by atoms with Crippen LogP contribution in [-0.4, -0.2) is 32.0 Å². The Morgan fingerprint density at radius 2 is 1.55 bits per heavy atom. The lowest BCUT2D eigenvalue weighted by Crippen LogP contribution is -2.29. The minimum atomic E-state index is -0.534. The number of nitriles is 1. The smallest absolute Gasteiger partial charge is 0.196 e. The van der Waals surface area contributed by atoms with Crippen LogP contribution in [0.15, 0.2) is 20.5 Å². The van der Waals surface area contributed by atoms with E-state index in [1.54, 1.807) is 7.11 Å². The first-order valence-corrected chi connectivity index (χ1v) is 8.18. The zero-order valence-electron chi connectivity index (χ0n) is 14.7. The Hall–Kier alpha value is -1.35. The Kier molecular flexibility index (Phi) is 11.5. The number of azo groups is 2. The molecule has 0 radical (unpaired) electrons. The summed E-state index contributed by atoms with van der Waals surface area (Å²) in [5, 5.41) is 26.3. The van der Waals surface area contributed by atoms with Gasteiger partial charge in [-0.15, -0.1) is 0 Å². The molecule has 0 rings (SSSR count). The van der Waals surface area contributed by atoms with E-state index in [0.29, 0.717) is 19.5 Å². The van der Waals surface area contributed by atoms with Gasteiger partial charge in [0.15, 0.2) is 6.17 Å². The molecule has 0 amide bonds. The Morgan fingerprint density at radius 3 is 1.91 bits per heavy atom. The second-order valence-electron chi connectivity index (χ2n) is 5.99. The van der Waals surface area contributed by atoms with Crippen molar-refractivity contribution in [2.75, 3.05) is 20.2 Å². The van der Waals surface area contributed by atoms with Crippen LogP contribution >= 0.6 is 0 Å². The van der Waals surface area contributed by atoms with Gasteiger partial charge < -0.3 is 4.74 Å². The molecule has 0 aliphatic carbocycles. The predicted molar refractivity (Wildman–Crippen MR) is 87.9 cm³/mol. The highest BCUT2D eigenvalue weighted by Gasteiger charge is 2.29. The summed E-state index contributed by atoms with van der Waals surface area (Å²) in [5.74, 6) is -0.384. The summed E-state index contributed by atoms with van der Waals surface area (Å²) in [6.45, 7) is 9.47. The van der Waals surface area contributed by atoms with Crippen molar-refractivity contribution in [1.29, 1.82) is 5.26 Å². The van der Waals surface area contributed by atoms with Gasteiger partial charge in [0.2, 0.25) is 0 Å². The largest absolute Gasteiger partial charge is 0.379 e. The van der Waals surface area contributed by atoms with Gasteiger partial charge in [0.1, 0.15) is 0 Å². The van der Waals surface area contributed by atoms with E-state index >= 15 is 0 Å². The van der Waals surface area contributed by atoms with Crippen molar-refractivity contribution in [3.8, 4) is 6.07 Å². The topological polar surface area (TPSA) is 82.5 Å². The van der Waals surface area contributed by atoms with Crippen LogP contribution in [0.5, 0.6) is 0 Å². The molecule has 0 N–H and O–H groups in total. The van der Waals surface area contributed by atoms with Crippen molar-refractivity contribution in [2.45, 2.75) is 71.6 Å². The number of hydrogen-bond acceptors (Lipinski definition) is 6. The van der Waals surface area contributed by atoms with E-state index in [1.807, 2.05) is 13.8 Å². The molecular formula is C16H31N5O. The minimum Gasteiger partial charge on any atom is -0.379 e. The van der Waals surface area contributed by atoms with Gasteiger partial charge in [-0.1, -0.05) is 26.7 Å². The minimum absolute atomic E-state index is 0.384. The summed E-state index contributed by atoms with van der Waals surface area (Å²) in [6, 6.07) is 2.29. The molecule has 0 heterocycles. The maximum Gasteiger partial charge on any atom is 0.196 e. The molecule has 6 nitrogen and oxygen atoms in total. The van der Waals surface area contributed by atoms with Gasteiger partial charge in [-0.3, -0.25) is 0 Å². The van der Waals surface area contributed by atoms with E-state index < -0.39 is 11.8 Å². The molecule has 0 aromatic heterocycles. The number of methoxy groups -OCH3 is 1. The fourth-order valence-electron chi connectivity index (χ4n) is 1.76. The summed E-state index contributed by atoms with van der Waals surface area (Å²) in [5.41, 5.74) is -0.392. The van der Waals surface area contributed by atoms with Gasteiger partial charge in [0.05, 0.1) is 30.7 Å². The van der Waals surface area contributed by atoms with Crippen molar-refractivity contribution in [1.82, 2.24) is 0 Å². The molecule has 0 fully saturated rings. The summed E-state index contributed by atoms with van der Waals surface area (Å²) in [4.78, 5) is 0. The highest BCUT2D eigenvalue weighted by atomic mass is 16.5. The average molecular weight is 309 g/mol. The van der Waals surface area contributed by atoms with Crippen LogP contribution in [0.1, 0.15) is 59.8 Å². The molecule has 126 valence electrons. The molecule has 0 spiro atoms. The number of nitrogens with zero attached hydrogens (tertiary/aromatic N) is 5. The zero-order chi connectivity index (χ0) is 16.8. The van der Waals surface area contributed by atoms with Crippen molar-refractivity contribution in [3.05, 3.63) is 0 Å². The molecule has 0 aromatic rings. The molecule has 0 aliphatic heterocycles. The number of hydrogen-bond donors (Lipinski definition) is 0. The predicted octanol–water partition coefficient (Wildman–Crippen LogP) is 4.77. The molecule has 0 bridgehead atoms. The molecule has 0 aromatic carbocycles. The fraction of sp³-hybridized carbons (Fsp3) is 0.938. The lowest BCUT2D eigenvalue weighted by molar-refractivity contribution is 0.00496. The van der Waals surface area contributed by atoms with Crippen molar-refractivity contribution in [2.24, 2.45) is 26.4 Å². The second kappa shape index (κ2) is 12.2. The molecular weight excluding hydrogens is 278 g/mol. The molecule has 22 heavy (non-hydrogen) atoms. The fourth-order valence-corrected chi connectivity index (χ4v) is 1.76. The summed E-state index contributed by atoms with van der Waals surface area (Å²) >= 11 is 0. The number of unbranched alkanes of at least 4 members (excludes halogenated alkanes) is 2. The lowest BCUT2D eigenvalue weighted by Gasteiger charge is -2.26. The van der Waals surface area contributed by atoms with Crippen LogP contribution in [0.3, 0.4) is 0 Å². The maximum absolute atomic E-state index is 9.45. The van der Waals surface area contributed by atoms with Gasteiger partial charge in [-0.2, -0.15) is 25.7 Å². The third kappa shape index (κ3) is 9.56. The highest BCUT2D eigenvalue weighted by Crippen LogP contribution is 2.24. The molecule has 0 aliphatic rings. The molecule has 6 heteroatoms. The Morgan fingerprint density at radius 1 is 1.05 bits per heavy atom. The zero-order valence-corrected chi connectivity index (χ0v) is 14.7. The van der Waals surface area contributed by atoms with Gasteiger partial charge in [-0.05, 0) is 33.1 Å². The van der Waals surface area contributed by atoms with Gasteiger partial charge >= 0.3 is 0 Å². The van der Waals surface area contributed by atoms with Crippen LogP contribution in [0, 0.1) is 17.2 Å². The van der Waals surface area contributed by atoms with Crippen molar-refractivity contribution in [3.63, 3.8) is 0 Å². The molecule has 1 atom stereocenters. The van der Waals surface area contributed by atoms with E-state index in [9.17, 15) is 5.26 Å². The first-order chi connectivity index (χ1) is 10.5. The Balaban J connectivity index is 4.87. The molecule has 1 unspecified atom stereocenters. The third-order valence-corrected chi connectivity index (χ3v) is 3.41. The Labute approximate surface area is 135 Å². The van der Waals surface area contributed by atoms with Crippen molar-refractivity contribution >= 4 is 0 Å². The van der Waals surface area contributed by atoms with Gasteiger partial charge in [0, 0.05) is 7.11 Å². The van der Waals surface area contributed by atoms with Crippen LogP contribution in [0.4, 0.5) is 0 Å². The van der Waals surface area contributed by atoms with E-state index in [1.165, 1.54) is 0 Å². The van der Waals surface area contributed by atoms with Crippen LogP contribution < -0.4 is 0 Å². The highest BCUT2D eigenvalue weighted by molar-refractivity contribution is 4.94. The van der Waals surface area contributed by atoms with E-state index in [4.69, 9.17) is 4.74 Å². The van der Waals surface area contributed by atoms with E-state index in [2.05, 4.69) is 40.4 Å². The van der Waals surface area contributed by atoms with E-state index in [-0.39, 0.29) is 5.92 Å². The molecule has 0 saturated carbocycles. The number of rotatable bonds is 12. The SMILES string of the molecule is CCCCN=NC(N=NCCCC)C(C#N)CC(C)(C)OC. The first kappa shape index (κ1) is 20.6.